The second-order valence-electron chi connectivity index (χ2n) is 13.6. The van der Waals surface area contributed by atoms with Gasteiger partial charge in [0, 0.05) is 23.2 Å². The Hall–Kier alpha value is -3.99. The van der Waals surface area contributed by atoms with Gasteiger partial charge < -0.3 is 14.4 Å². The van der Waals surface area contributed by atoms with Gasteiger partial charge in [-0.15, -0.1) is 0 Å². The number of hydrogen-bond acceptors (Lipinski definition) is 8. The Labute approximate surface area is 272 Å². The third-order valence-electron chi connectivity index (χ3n) is 8.96. The molecule has 0 radical (unpaired) electrons. The van der Waals surface area contributed by atoms with E-state index in [2.05, 4.69) is 35.5 Å². The number of carbonyl (C=O) groups excluding carboxylic acids is 2. The van der Waals surface area contributed by atoms with Gasteiger partial charge in [0.15, 0.2) is 0 Å². The van der Waals surface area contributed by atoms with Crippen molar-refractivity contribution in [3.8, 4) is 17.1 Å². The van der Waals surface area contributed by atoms with Crippen molar-refractivity contribution in [1.29, 1.82) is 0 Å². The zero-order chi connectivity index (χ0) is 33.2. The van der Waals surface area contributed by atoms with E-state index in [4.69, 9.17) is 9.47 Å². The van der Waals surface area contributed by atoms with Gasteiger partial charge in [-0.1, -0.05) is 45.0 Å². The van der Waals surface area contributed by atoms with Crippen LogP contribution in [0, 0.1) is 25.2 Å². The lowest BCUT2D eigenvalue weighted by atomic mass is 9.83. The molecule has 5 rings (SSSR count). The highest BCUT2D eigenvalue weighted by Gasteiger charge is 2.37. The molecule has 2 aliphatic rings. The van der Waals surface area contributed by atoms with Crippen LogP contribution in [-0.4, -0.2) is 61.0 Å². The van der Waals surface area contributed by atoms with Crippen molar-refractivity contribution < 1.29 is 27.5 Å². The smallest absolute Gasteiger partial charge is 0.308 e. The van der Waals surface area contributed by atoms with Crippen LogP contribution in [0.4, 0.5) is 5.95 Å². The third-order valence-corrected chi connectivity index (χ3v) is 10.3. The Morgan fingerprint density at radius 3 is 2.35 bits per heavy atom. The van der Waals surface area contributed by atoms with E-state index < -0.39 is 10.0 Å². The summed E-state index contributed by atoms with van der Waals surface area (Å²) in [5.74, 6) is -0.616. The highest BCUT2D eigenvalue weighted by atomic mass is 32.2. The van der Waals surface area contributed by atoms with Crippen molar-refractivity contribution in [1.82, 2.24) is 14.9 Å². The maximum Gasteiger partial charge on any atom is 0.308 e. The molecule has 1 aromatic heterocycles. The molecular weight excluding hydrogens is 604 g/mol. The number of methoxy groups -OCH3 is 1. The van der Waals surface area contributed by atoms with Crippen molar-refractivity contribution in [3.05, 3.63) is 65.2 Å². The normalized spacial score (nSPS) is 21.6. The number of anilines is 1. The SMILES string of the molecule is COC(=O)C1CCC(N2C(=O)c3cccc(c3)S(=O)(=O)Nc3nc(cc(-c4c(C)cccc4C)n3)OC[C@H]2CCC(C)(C)C)CC1. The number of aromatic nitrogens is 2. The van der Waals surface area contributed by atoms with Crippen molar-refractivity contribution in [2.24, 2.45) is 11.3 Å². The fourth-order valence-corrected chi connectivity index (χ4v) is 7.47. The topological polar surface area (TPSA) is 128 Å². The van der Waals surface area contributed by atoms with Gasteiger partial charge in [-0.3, -0.25) is 9.59 Å². The van der Waals surface area contributed by atoms with Gasteiger partial charge in [0.25, 0.3) is 15.9 Å². The first kappa shape index (κ1) is 33.4. The maximum absolute atomic E-state index is 14.5. The number of ether oxygens (including phenoxy) is 2. The van der Waals surface area contributed by atoms with Gasteiger partial charge in [-0.05, 0) is 87.1 Å². The minimum atomic E-state index is -4.16. The lowest BCUT2D eigenvalue weighted by Gasteiger charge is -2.42. The molecule has 1 aliphatic carbocycles. The molecular formula is C35H44N4O6S. The van der Waals surface area contributed by atoms with Crippen molar-refractivity contribution >= 4 is 27.8 Å². The fourth-order valence-electron chi connectivity index (χ4n) is 6.49. The van der Waals surface area contributed by atoms with E-state index in [1.165, 1.54) is 19.2 Å². The van der Waals surface area contributed by atoms with Gasteiger partial charge in [0.1, 0.15) is 6.61 Å². The first-order valence-corrected chi connectivity index (χ1v) is 17.4. The summed E-state index contributed by atoms with van der Waals surface area (Å²) >= 11 is 0. The minimum absolute atomic E-state index is 0.00599. The Balaban J connectivity index is 1.63. The predicted octanol–water partition coefficient (Wildman–Crippen LogP) is 6.32. The van der Waals surface area contributed by atoms with Crippen molar-refractivity contribution in [3.63, 3.8) is 0 Å². The molecule has 1 saturated carbocycles. The first-order chi connectivity index (χ1) is 21.8. The molecule has 2 aromatic carbocycles. The number of amides is 1. The van der Waals surface area contributed by atoms with Crippen LogP contribution in [0.1, 0.15) is 80.8 Å². The van der Waals surface area contributed by atoms with E-state index in [0.717, 1.165) is 23.1 Å². The molecule has 246 valence electrons. The number of nitrogens with zero attached hydrogens (tertiary/aromatic N) is 3. The number of esters is 1. The van der Waals surface area contributed by atoms with Crippen molar-refractivity contribution in [2.75, 3.05) is 18.4 Å². The Kier molecular flexibility index (Phi) is 9.72. The standard InChI is InChI=1S/C35H44N4O6S/c1-22-9-7-10-23(2)31(22)29-20-30-37-34(36-29)38-46(42,43)28-12-8-11-25(19-28)32(40)39(27(21-45-30)17-18-35(3,4)5)26-15-13-24(14-16-26)33(41)44-6/h7-12,19-20,24,26-27H,13-18,21H2,1-6H3,(H,36,37,38)/t24?,26?,27-/m1/s1. The molecule has 1 atom stereocenters. The van der Waals surface area contributed by atoms with Crippen LogP contribution in [0.5, 0.6) is 5.88 Å². The fraction of sp³-hybridized carbons (Fsp3) is 0.486. The van der Waals surface area contributed by atoms with E-state index >= 15 is 0 Å². The highest BCUT2D eigenvalue weighted by Crippen LogP contribution is 2.35. The average Bonchev–Trinajstić information content (AvgIpc) is 3.01. The van der Waals surface area contributed by atoms with Gasteiger partial charge in [-0.2, -0.15) is 4.98 Å². The van der Waals surface area contributed by atoms with Gasteiger partial charge >= 0.3 is 5.97 Å². The number of hydrogen-bond donors (Lipinski definition) is 1. The molecule has 2 heterocycles. The number of carbonyl (C=O) groups is 2. The van der Waals surface area contributed by atoms with Crippen molar-refractivity contribution in [2.45, 2.75) is 90.1 Å². The zero-order valence-electron chi connectivity index (χ0n) is 27.5. The summed E-state index contributed by atoms with van der Waals surface area (Å²) in [4.78, 5) is 37.7. The van der Waals surface area contributed by atoms with Crippen LogP contribution in [0.3, 0.4) is 0 Å². The lowest BCUT2D eigenvalue weighted by molar-refractivity contribution is -0.146. The molecule has 46 heavy (non-hydrogen) atoms. The maximum atomic E-state index is 14.5. The van der Waals surface area contributed by atoms with Gasteiger partial charge in [0.2, 0.25) is 11.8 Å². The molecule has 10 nitrogen and oxygen atoms in total. The largest absolute Gasteiger partial charge is 0.475 e. The predicted molar refractivity (Wildman–Crippen MR) is 176 cm³/mol. The molecule has 0 unspecified atom stereocenters. The number of rotatable bonds is 5. The van der Waals surface area contributed by atoms with E-state index in [1.807, 2.05) is 36.9 Å². The molecule has 0 spiro atoms. The first-order valence-electron chi connectivity index (χ1n) is 15.9. The molecule has 0 saturated heterocycles. The minimum Gasteiger partial charge on any atom is -0.475 e. The van der Waals surface area contributed by atoms with Crippen LogP contribution in [0.15, 0.2) is 53.4 Å². The molecule has 3 aromatic rings. The highest BCUT2D eigenvalue weighted by molar-refractivity contribution is 7.92. The van der Waals surface area contributed by atoms with E-state index in [1.54, 1.807) is 18.2 Å². The van der Waals surface area contributed by atoms with E-state index in [0.29, 0.717) is 37.8 Å². The Bertz CT molecular complexity index is 1690. The van der Waals surface area contributed by atoms with Crippen LogP contribution in [0.2, 0.25) is 0 Å². The summed E-state index contributed by atoms with van der Waals surface area (Å²) < 4.78 is 41.2. The van der Waals surface area contributed by atoms with Gasteiger partial charge in [0.05, 0.1) is 29.7 Å². The second kappa shape index (κ2) is 13.4. The Morgan fingerprint density at radius 1 is 1.02 bits per heavy atom. The Morgan fingerprint density at radius 2 is 1.70 bits per heavy atom. The lowest BCUT2D eigenvalue weighted by Crippen LogP contribution is -2.51. The molecule has 1 fully saturated rings. The molecule has 1 N–H and O–H groups in total. The van der Waals surface area contributed by atoms with Crippen LogP contribution in [-0.2, 0) is 19.6 Å². The van der Waals surface area contributed by atoms with Crippen LogP contribution >= 0.6 is 0 Å². The average molecular weight is 649 g/mol. The summed E-state index contributed by atoms with van der Waals surface area (Å²) in [6.07, 6.45) is 3.91. The van der Waals surface area contributed by atoms with E-state index in [-0.39, 0.29) is 64.2 Å². The number of aryl methyl sites for hydroxylation is 2. The quantitative estimate of drug-likeness (QED) is 0.318. The zero-order valence-corrected chi connectivity index (χ0v) is 28.3. The van der Waals surface area contributed by atoms with Crippen LogP contribution < -0.4 is 9.46 Å². The number of nitrogens with one attached hydrogen (secondary N) is 1. The van der Waals surface area contributed by atoms with Gasteiger partial charge in [-0.25, -0.2) is 18.1 Å². The summed E-state index contributed by atoms with van der Waals surface area (Å²) in [5.41, 5.74) is 3.61. The number of benzene rings is 2. The number of fused-ring (bicyclic) bond motifs is 4. The third kappa shape index (κ3) is 7.52. The summed E-state index contributed by atoms with van der Waals surface area (Å²) in [6, 6.07) is 13.2. The molecule has 4 bridgehead atoms. The molecule has 1 aliphatic heterocycles. The summed E-state index contributed by atoms with van der Waals surface area (Å²) in [6.45, 7) is 10.6. The number of sulfonamides is 1. The second-order valence-corrected chi connectivity index (χ2v) is 15.3. The molecule has 11 heteroatoms. The van der Waals surface area contributed by atoms with Crippen LogP contribution in [0.25, 0.3) is 11.3 Å². The summed E-state index contributed by atoms with van der Waals surface area (Å²) in [7, 11) is -2.76. The summed E-state index contributed by atoms with van der Waals surface area (Å²) in [5, 5.41) is 0. The molecule has 1 amide bonds. The monoisotopic (exact) mass is 648 g/mol. The van der Waals surface area contributed by atoms with E-state index in [9.17, 15) is 18.0 Å².